The van der Waals surface area contributed by atoms with E-state index in [1.165, 1.54) is 22.2 Å². The van der Waals surface area contributed by atoms with Crippen LogP contribution in [0.1, 0.15) is 17.5 Å². The summed E-state index contributed by atoms with van der Waals surface area (Å²) in [5, 5.41) is 1.18. The fraction of sp³-hybridized carbons (Fsp3) is 0.294. The molecule has 4 rings (SSSR count). The van der Waals surface area contributed by atoms with E-state index in [9.17, 15) is 0 Å². The molecule has 3 N–H and O–H groups in total. The fourth-order valence-corrected chi connectivity index (χ4v) is 3.83. The van der Waals surface area contributed by atoms with Crippen molar-refractivity contribution >= 4 is 32.7 Å². The molecule has 0 radical (unpaired) electrons. The van der Waals surface area contributed by atoms with Crippen LogP contribution in [0.4, 0.5) is 5.69 Å². The van der Waals surface area contributed by atoms with Crippen LogP contribution in [-0.2, 0) is 6.42 Å². The molecule has 3 aromatic rings. The Morgan fingerprint density at radius 3 is 3.04 bits per heavy atom. The van der Waals surface area contributed by atoms with E-state index in [2.05, 4.69) is 48.0 Å². The zero-order valence-electron chi connectivity index (χ0n) is 12.7. The highest BCUT2D eigenvalue weighted by Crippen LogP contribution is 2.37. The van der Waals surface area contributed by atoms with Crippen molar-refractivity contribution in [1.29, 1.82) is 0 Å². The Morgan fingerprint density at radius 1 is 1.39 bits per heavy atom. The van der Waals surface area contributed by atoms with Gasteiger partial charge < -0.3 is 15.6 Å². The molecule has 0 unspecified atom stereocenters. The van der Waals surface area contributed by atoms with Crippen LogP contribution in [0.3, 0.4) is 0 Å². The Balaban J connectivity index is 1.81. The Hall–Kier alpha value is -1.92. The number of anilines is 1. The van der Waals surface area contributed by atoms with Crippen LogP contribution in [-0.4, -0.2) is 34.1 Å². The Kier molecular flexibility index (Phi) is 3.79. The van der Waals surface area contributed by atoms with E-state index in [1.54, 1.807) is 6.20 Å². The molecule has 0 amide bonds. The molecule has 1 fully saturated rings. The van der Waals surface area contributed by atoms with Crippen molar-refractivity contribution in [1.82, 2.24) is 15.0 Å². The standard InChI is InChI=1S/C17H18BrN5/c18-14-9-22-17-15(16(14)23-5-3-13(19)10-23)12(8-21-17)6-11-2-1-4-20-7-11/h1-2,4,7-9,13H,3,5-6,10,19H2,(H,21,22)/t13-/m1/s1. The predicted octanol–water partition coefficient (Wildman–Crippen LogP) is 2.85. The molecule has 0 saturated carbocycles. The summed E-state index contributed by atoms with van der Waals surface area (Å²) in [6.45, 7) is 1.87. The van der Waals surface area contributed by atoms with Gasteiger partial charge in [0.25, 0.3) is 0 Å². The molecule has 1 atom stereocenters. The van der Waals surface area contributed by atoms with E-state index < -0.39 is 0 Å². The maximum absolute atomic E-state index is 6.10. The van der Waals surface area contributed by atoms with Gasteiger partial charge in [-0.3, -0.25) is 4.98 Å². The zero-order valence-corrected chi connectivity index (χ0v) is 14.3. The van der Waals surface area contributed by atoms with E-state index in [0.29, 0.717) is 0 Å². The second-order valence-electron chi connectivity index (χ2n) is 6.03. The number of halogens is 1. The molecular formula is C17H18BrN5. The normalized spacial score (nSPS) is 18.0. The zero-order chi connectivity index (χ0) is 15.8. The van der Waals surface area contributed by atoms with Crippen molar-refractivity contribution in [3.8, 4) is 0 Å². The minimum Gasteiger partial charge on any atom is -0.368 e. The maximum atomic E-state index is 6.10. The van der Waals surface area contributed by atoms with Gasteiger partial charge in [0, 0.05) is 55.7 Å². The number of pyridine rings is 2. The number of aromatic amines is 1. The van der Waals surface area contributed by atoms with Gasteiger partial charge in [-0.15, -0.1) is 0 Å². The van der Waals surface area contributed by atoms with Crippen LogP contribution < -0.4 is 10.6 Å². The lowest BCUT2D eigenvalue weighted by Crippen LogP contribution is -2.26. The van der Waals surface area contributed by atoms with Gasteiger partial charge in [-0.25, -0.2) is 4.98 Å². The minimum absolute atomic E-state index is 0.242. The third-order valence-corrected chi connectivity index (χ3v) is 4.95. The largest absolute Gasteiger partial charge is 0.368 e. The van der Waals surface area contributed by atoms with Crippen molar-refractivity contribution in [2.24, 2.45) is 5.73 Å². The summed E-state index contributed by atoms with van der Waals surface area (Å²) in [6.07, 6.45) is 9.49. The van der Waals surface area contributed by atoms with Gasteiger partial charge in [0.05, 0.1) is 10.2 Å². The number of hydrogen-bond donors (Lipinski definition) is 2. The fourth-order valence-electron chi connectivity index (χ4n) is 3.28. The first kappa shape index (κ1) is 14.7. The first-order chi connectivity index (χ1) is 11.2. The first-order valence-electron chi connectivity index (χ1n) is 7.76. The highest BCUT2D eigenvalue weighted by Gasteiger charge is 2.24. The number of fused-ring (bicyclic) bond motifs is 1. The molecule has 0 bridgehead atoms. The molecule has 4 heterocycles. The third-order valence-electron chi connectivity index (χ3n) is 4.37. The van der Waals surface area contributed by atoms with Crippen LogP contribution in [0.25, 0.3) is 11.0 Å². The average Bonchev–Trinajstić information content (AvgIpc) is 3.15. The van der Waals surface area contributed by atoms with E-state index in [-0.39, 0.29) is 6.04 Å². The summed E-state index contributed by atoms with van der Waals surface area (Å²) in [5.74, 6) is 0. The molecule has 0 aliphatic carbocycles. The quantitative estimate of drug-likeness (QED) is 0.742. The second kappa shape index (κ2) is 5.94. The van der Waals surface area contributed by atoms with Gasteiger partial charge in [-0.1, -0.05) is 6.07 Å². The minimum atomic E-state index is 0.242. The average molecular weight is 372 g/mol. The summed E-state index contributed by atoms with van der Waals surface area (Å²) < 4.78 is 1.02. The predicted molar refractivity (Wildman–Crippen MR) is 95.6 cm³/mol. The van der Waals surface area contributed by atoms with Gasteiger partial charge in [-0.05, 0) is 39.5 Å². The summed E-state index contributed by atoms with van der Waals surface area (Å²) in [7, 11) is 0. The van der Waals surface area contributed by atoms with Crippen molar-refractivity contribution in [2.45, 2.75) is 18.9 Å². The van der Waals surface area contributed by atoms with Gasteiger partial charge in [0.15, 0.2) is 0 Å². The lowest BCUT2D eigenvalue weighted by atomic mass is 10.1. The molecule has 118 valence electrons. The lowest BCUT2D eigenvalue weighted by molar-refractivity contribution is 0.752. The molecular weight excluding hydrogens is 354 g/mol. The van der Waals surface area contributed by atoms with Crippen LogP contribution in [0, 0.1) is 0 Å². The van der Waals surface area contributed by atoms with E-state index >= 15 is 0 Å². The van der Waals surface area contributed by atoms with Crippen LogP contribution in [0.5, 0.6) is 0 Å². The first-order valence-corrected chi connectivity index (χ1v) is 8.55. The number of rotatable bonds is 3. The maximum Gasteiger partial charge on any atom is 0.139 e. The molecule has 0 aromatic carbocycles. The van der Waals surface area contributed by atoms with Gasteiger partial charge >= 0.3 is 0 Å². The van der Waals surface area contributed by atoms with Gasteiger partial charge in [0.2, 0.25) is 0 Å². The number of H-pyrrole nitrogens is 1. The summed E-state index contributed by atoms with van der Waals surface area (Å²) in [4.78, 5) is 14.4. The molecule has 5 nitrogen and oxygen atoms in total. The molecule has 0 spiro atoms. The SMILES string of the molecule is N[C@@H]1CCN(c2c(Br)cnc3[nH]cc(Cc4cccnc4)c23)C1. The monoisotopic (exact) mass is 371 g/mol. The smallest absolute Gasteiger partial charge is 0.139 e. The molecule has 6 heteroatoms. The highest BCUT2D eigenvalue weighted by molar-refractivity contribution is 9.10. The van der Waals surface area contributed by atoms with Crippen molar-refractivity contribution in [2.75, 3.05) is 18.0 Å². The topological polar surface area (TPSA) is 70.8 Å². The number of nitrogens with one attached hydrogen (secondary N) is 1. The second-order valence-corrected chi connectivity index (χ2v) is 6.88. The van der Waals surface area contributed by atoms with E-state index in [4.69, 9.17) is 5.73 Å². The van der Waals surface area contributed by atoms with Gasteiger partial charge in [-0.2, -0.15) is 0 Å². The van der Waals surface area contributed by atoms with Crippen molar-refractivity contribution in [3.05, 3.63) is 52.5 Å². The Bertz CT molecular complexity index is 830. The summed E-state index contributed by atoms with van der Waals surface area (Å²) in [6, 6.07) is 4.31. The molecule has 1 aliphatic rings. The van der Waals surface area contributed by atoms with Crippen molar-refractivity contribution in [3.63, 3.8) is 0 Å². The van der Waals surface area contributed by atoms with Gasteiger partial charge in [0.1, 0.15) is 5.65 Å². The van der Waals surface area contributed by atoms with Crippen LogP contribution in [0.15, 0.2) is 41.4 Å². The molecule has 3 aromatic heterocycles. The van der Waals surface area contributed by atoms with E-state index in [1.807, 2.05) is 18.5 Å². The third kappa shape index (κ3) is 2.72. The van der Waals surface area contributed by atoms with Crippen LogP contribution in [0.2, 0.25) is 0 Å². The molecule has 1 aliphatic heterocycles. The molecule has 23 heavy (non-hydrogen) atoms. The highest BCUT2D eigenvalue weighted by atomic mass is 79.9. The molecule has 1 saturated heterocycles. The Morgan fingerprint density at radius 2 is 2.30 bits per heavy atom. The van der Waals surface area contributed by atoms with Crippen molar-refractivity contribution < 1.29 is 0 Å². The van der Waals surface area contributed by atoms with Crippen LogP contribution >= 0.6 is 15.9 Å². The number of nitrogens with two attached hydrogens (primary N) is 1. The van der Waals surface area contributed by atoms with E-state index in [0.717, 1.165) is 36.1 Å². The number of aromatic nitrogens is 3. The number of hydrogen-bond acceptors (Lipinski definition) is 4. The summed E-state index contributed by atoms with van der Waals surface area (Å²) >= 11 is 3.68. The summed E-state index contributed by atoms with van der Waals surface area (Å²) in [5.41, 5.74) is 10.6. The number of nitrogens with zero attached hydrogens (tertiary/aromatic N) is 3. The Labute approximate surface area is 143 Å². The lowest BCUT2D eigenvalue weighted by Gasteiger charge is -2.21.